The number of thiazole rings is 1. The quantitative estimate of drug-likeness (QED) is 0.814. The number of methoxy groups -OCH3 is 2. The van der Waals surface area contributed by atoms with Crippen LogP contribution in [0.25, 0.3) is 6.08 Å². The molecule has 0 atom stereocenters. The molecule has 2 aromatic rings. The van der Waals surface area contributed by atoms with Crippen LogP contribution in [0.3, 0.4) is 0 Å². The van der Waals surface area contributed by atoms with Gasteiger partial charge in [-0.25, -0.2) is 0 Å². The third-order valence-electron chi connectivity index (χ3n) is 2.76. The summed E-state index contributed by atoms with van der Waals surface area (Å²) in [5.41, 5.74) is 0.810. The Morgan fingerprint density at radius 3 is 2.43 bits per heavy atom. The van der Waals surface area contributed by atoms with Gasteiger partial charge >= 0.3 is 0 Å². The Morgan fingerprint density at radius 2 is 1.90 bits per heavy atom. The molecular weight excluding hydrogens is 288 g/mol. The maximum Gasteiger partial charge on any atom is 0.272 e. The molecule has 0 radical (unpaired) electrons. The zero-order valence-corrected chi connectivity index (χ0v) is 12.9. The highest BCUT2D eigenvalue weighted by atomic mass is 32.1. The van der Waals surface area contributed by atoms with Crippen LogP contribution >= 0.6 is 11.3 Å². The van der Waals surface area contributed by atoms with Gasteiger partial charge < -0.3 is 14.0 Å². The number of hydrogen-bond donors (Lipinski definition) is 0. The predicted octanol–water partition coefficient (Wildman–Crippen LogP) is 2.24. The standard InChI is InChI=1S/C15H16N2O3S/c1-17-6-7-21-15(17)16-14(18)5-4-11-8-12(19-2)10-13(9-11)20-3/h4-10H,1-3H3. The van der Waals surface area contributed by atoms with Gasteiger partial charge in [0.1, 0.15) is 11.5 Å². The smallest absolute Gasteiger partial charge is 0.272 e. The van der Waals surface area contributed by atoms with E-state index in [4.69, 9.17) is 9.47 Å². The Bertz CT molecular complexity index is 706. The second-order valence-electron chi connectivity index (χ2n) is 4.23. The van der Waals surface area contributed by atoms with Crippen molar-refractivity contribution in [1.82, 2.24) is 4.57 Å². The first kappa shape index (κ1) is 15.1. The minimum Gasteiger partial charge on any atom is -0.497 e. The minimum absolute atomic E-state index is 0.310. The van der Waals surface area contributed by atoms with Crippen LogP contribution in [0.5, 0.6) is 11.5 Å². The van der Waals surface area contributed by atoms with E-state index in [1.54, 1.807) is 30.9 Å². The van der Waals surface area contributed by atoms with Crippen molar-refractivity contribution in [1.29, 1.82) is 0 Å². The summed E-state index contributed by atoms with van der Waals surface area (Å²) in [5, 5.41) is 1.88. The fourth-order valence-corrected chi connectivity index (χ4v) is 2.39. The number of carbonyl (C=O) groups excluding carboxylic acids is 1. The molecule has 1 amide bonds. The lowest BCUT2D eigenvalue weighted by molar-refractivity contribution is -0.113. The summed E-state index contributed by atoms with van der Waals surface area (Å²) in [6.45, 7) is 0. The van der Waals surface area contributed by atoms with Gasteiger partial charge in [-0.15, -0.1) is 11.3 Å². The second-order valence-corrected chi connectivity index (χ2v) is 5.10. The topological polar surface area (TPSA) is 52.8 Å². The average molecular weight is 304 g/mol. The Morgan fingerprint density at radius 1 is 1.24 bits per heavy atom. The van der Waals surface area contributed by atoms with Crippen LogP contribution in [-0.4, -0.2) is 24.7 Å². The van der Waals surface area contributed by atoms with Crippen molar-refractivity contribution >= 4 is 23.3 Å². The zero-order valence-electron chi connectivity index (χ0n) is 12.1. The monoisotopic (exact) mass is 304 g/mol. The van der Waals surface area contributed by atoms with Crippen LogP contribution in [0, 0.1) is 0 Å². The molecule has 110 valence electrons. The first-order valence-corrected chi connectivity index (χ1v) is 7.10. The molecule has 0 saturated carbocycles. The zero-order chi connectivity index (χ0) is 15.2. The molecule has 2 rings (SSSR count). The van der Waals surface area contributed by atoms with Crippen LogP contribution in [0.4, 0.5) is 0 Å². The van der Waals surface area contributed by atoms with Crippen molar-refractivity contribution in [3.63, 3.8) is 0 Å². The second kappa shape index (κ2) is 6.90. The van der Waals surface area contributed by atoms with Crippen LogP contribution in [-0.2, 0) is 11.8 Å². The number of aryl methyl sites for hydroxylation is 1. The number of amides is 1. The van der Waals surface area contributed by atoms with E-state index in [0.717, 1.165) is 5.56 Å². The molecule has 1 heterocycles. The number of nitrogens with zero attached hydrogens (tertiary/aromatic N) is 2. The van der Waals surface area contributed by atoms with E-state index in [2.05, 4.69) is 4.99 Å². The Balaban J connectivity index is 2.21. The maximum atomic E-state index is 11.8. The molecular formula is C15H16N2O3S. The van der Waals surface area contributed by atoms with E-state index in [9.17, 15) is 4.79 Å². The molecule has 5 nitrogen and oxygen atoms in total. The Labute approximate surface area is 126 Å². The third kappa shape index (κ3) is 4.06. The number of benzene rings is 1. The Kier molecular flexibility index (Phi) is 4.94. The van der Waals surface area contributed by atoms with Crippen molar-refractivity contribution in [3.05, 3.63) is 46.2 Å². The number of aromatic nitrogens is 1. The van der Waals surface area contributed by atoms with Crippen molar-refractivity contribution in [2.75, 3.05) is 14.2 Å². The normalized spacial score (nSPS) is 11.9. The molecule has 0 bridgehead atoms. The van der Waals surface area contributed by atoms with Gasteiger partial charge in [0.15, 0.2) is 4.80 Å². The molecule has 0 aliphatic rings. The summed E-state index contributed by atoms with van der Waals surface area (Å²) in [7, 11) is 5.01. The lowest BCUT2D eigenvalue weighted by Crippen LogP contribution is -2.11. The van der Waals surface area contributed by atoms with E-state index in [1.165, 1.54) is 17.4 Å². The summed E-state index contributed by atoms with van der Waals surface area (Å²) in [4.78, 5) is 16.5. The molecule has 0 aliphatic heterocycles. The fourth-order valence-electron chi connectivity index (χ4n) is 1.66. The maximum absolute atomic E-state index is 11.8. The SMILES string of the molecule is COc1cc(C=CC(=O)N=c2sccn2C)cc(OC)c1. The lowest BCUT2D eigenvalue weighted by Gasteiger charge is -2.05. The molecule has 0 unspecified atom stereocenters. The van der Waals surface area contributed by atoms with Crippen molar-refractivity contribution in [3.8, 4) is 11.5 Å². The summed E-state index contributed by atoms with van der Waals surface area (Å²) in [6.07, 6.45) is 4.96. The van der Waals surface area contributed by atoms with Gasteiger partial charge in [0, 0.05) is 30.8 Å². The van der Waals surface area contributed by atoms with E-state index >= 15 is 0 Å². The van der Waals surface area contributed by atoms with Gasteiger partial charge in [-0.3, -0.25) is 4.79 Å². The molecule has 0 fully saturated rings. The van der Waals surface area contributed by atoms with E-state index in [-0.39, 0.29) is 5.91 Å². The largest absolute Gasteiger partial charge is 0.497 e. The Hall–Kier alpha value is -2.34. The van der Waals surface area contributed by atoms with E-state index in [1.807, 2.05) is 30.8 Å². The summed E-state index contributed by atoms with van der Waals surface area (Å²) < 4.78 is 12.2. The molecule has 0 spiro atoms. The van der Waals surface area contributed by atoms with Gasteiger partial charge in [-0.2, -0.15) is 4.99 Å². The minimum atomic E-state index is -0.310. The van der Waals surface area contributed by atoms with Crippen LogP contribution in [0.2, 0.25) is 0 Å². The van der Waals surface area contributed by atoms with Gasteiger partial charge in [0.05, 0.1) is 14.2 Å². The summed E-state index contributed by atoms with van der Waals surface area (Å²) >= 11 is 1.41. The molecule has 1 aromatic carbocycles. The van der Waals surface area contributed by atoms with E-state index in [0.29, 0.717) is 16.3 Å². The third-order valence-corrected chi connectivity index (χ3v) is 3.61. The van der Waals surface area contributed by atoms with Crippen molar-refractivity contribution in [2.45, 2.75) is 0 Å². The number of hydrogen-bond acceptors (Lipinski definition) is 4. The molecule has 0 N–H and O–H groups in total. The van der Waals surface area contributed by atoms with Gasteiger partial charge in [0.2, 0.25) is 0 Å². The van der Waals surface area contributed by atoms with Gasteiger partial charge in [-0.1, -0.05) is 0 Å². The van der Waals surface area contributed by atoms with Crippen molar-refractivity contribution < 1.29 is 14.3 Å². The first-order chi connectivity index (χ1) is 10.1. The van der Waals surface area contributed by atoms with Gasteiger partial charge in [-0.05, 0) is 23.8 Å². The van der Waals surface area contributed by atoms with Crippen LogP contribution in [0.1, 0.15) is 5.56 Å². The van der Waals surface area contributed by atoms with Crippen molar-refractivity contribution in [2.24, 2.45) is 12.0 Å². The summed E-state index contributed by atoms with van der Waals surface area (Å²) in [6, 6.07) is 5.41. The fraction of sp³-hybridized carbons (Fsp3) is 0.200. The highest BCUT2D eigenvalue weighted by Gasteiger charge is 2.00. The molecule has 6 heteroatoms. The van der Waals surface area contributed by atoms with Gasteiger partial charge in [0.25, 0.3) is 5.91 Å². The lowest BCUT2D eigenvalue weighted by atomic mass is 10.2. The van der Waals surface area contributed by atoms with Crippen LogP contribution in [0.15, 0.2) is 40.8 Å². The number of ether oxygens (including phenoxy) is 2. The summed E-state index contributed by atoms with van der Waals surface area (Å²) in [5.74, 6) is 1.03. The molecule has 1 aromatic heterocycles. The molecule has 0 saturated heterocycles. The highest BCUT2D eigenvalue weighted by Crippen LogP contribution is 2.23. The predicted molar refractivity (Wildman–Crippen MR) is 82.4 cm³/mol. The van der Waals surface area contributed by atoms with E-state index < -0.39 is 0 Å². The van der Waals surface area contributed by atoms with Crippen LogP contribution < -0.4 is 14.3 Å². The number of carbonyl (C=O) groups is 1. The molecule has 21 heavy (non-hydrogen) atoms. The molecule has 0 aliphatic carbocycles. The first-order valence-electron chi connectivity index (χ1n) is 6.22. The number of rotatable bonds is 4. The highest BCUT2D eigenvalue weighted by molar-refractivity contribution is 7.07. The average Bonchev–Trinajstić information content (AvgIpc) is 2.90.